The van der Waals surface area contributed by atoms with E-state index in [1.54, 1.807) is 12.4 Å². The third kappa shape index (κ3) is 2.22. The van der Waals surface area contributed by atoms with E-state index in [0.29, 0.717) is 38.1 Å². The highest BCUT2D eigenvalue weighted by Gasteiger charge is 2.25. The summed E-state index contributed by atoms with van der Waals surface area (Å²) in [4.78, 5) is 17.7. The van der Waals surface area contributed by atoms with Gasteiger partial charge in [-0.3, -0.25) is 9.97 Å². The minimum Gasteiger partial charge on any atom is -0.475 e. The molecule has 0 bridgehead atoms. The first-order valence-electron chi connectivity index (χ1n) is 7.19. The van der Waals surface area contributed by atoms with E-state index in [1.165, 1.54) is 0 Å². The van der Waals surface area contributed by atoms with Crippen molar-refractivity contribution in [3.05, 3.63) is 47.8 Å². The van der Waals surface area contributed by atoms with Crippen molar-refractivity contribution in [2.24, 2.45) is 9.98 Å². The standard InChI is InChI=1S/C16H14N4O2/c1-2-5-17-12(3-1)14-13(16-20-8-10-22-16)11(4-6-18-14)15-19-7-9-21-15/h1-6H,7-10H2. The van der Waals surface area contributed by atoms with Crippen LogP contribution in [0.5, 0.6) is 0 Å². The van der Waals surface area contributed by atoms with Gasteiger partial charge < -0.3 is 9.47 Å². The van der Waals surface area contributed by atoms with E-state index in [4.69, 9.17) is 9.47 Å². The van der Waals surface area contributed by atoms with Crippen molar-refractivity contribution >= 4 is 11.8 Å². The summed E-state index contributed by atoms with van der Waals surface area (Å²) in [5, 5.41) is 0. The largest absolute Gasteiger partial charge is 0.475 e. The lowest BCUT2D eigenvalue weighted by Crippen LogP contribution is -2.14. The summed E-state index contributed by atoms with van der Waals surface area (Å²) in [6.07, 6.45) is 3.48. The van der Waals surface area contributed by atoms with Gasteiger partial charge in [0.25, 0.3) is 0 Å². The lowest BCUT2D eigenvalue weighted by molar-refractivity contribution is 0.344. The van der Waals surface area contributed by atoms with Crippen LogP contribution in [0.4, 0.5) is 0 Å². The highest BCUT2D eigenvalue weighted by molar-refractivity contribution is 6.11. The molecule has 0 saturated heterocycles. The molecular weight excluding hydrogens is 280 g/mol. The number of hydrogen-bond donors (Lipinski definition) is 0. The molecule has 2 aliphatic rings. The summed E-state index contributed by atoms with van der Waals surface area (Å²) in [6.45, 7) is 2.50. The van der Waals surface area contributed by atoms with Gasteiger partial charge in [-0.2, -0.15) is 0 Å². The predicted octanol–water partition coefficient (Wildman–Crippen LogP) is 1.70. The maximum Gasteiger partial charge on any atom is 0.219 e. The Labute approximate surface area is 127 Å². The normalized spacial score (nSPS) is 16.7. The summed E-state index contributed by atoms with van der Waals surface area (Å²) in [6, 6.07) is 7.61. The van der Waals surface area contributed by atoms with Gasteiger partial charge in [-0.05, 0) is 18.2 Å². The molecule has 0 amide bonds. The molecule has 0 N–H and O–H groups in total. The van der Waals surface area contributed by atoms with Gasteiger partial charge in [0.2, 0.25) is 11.8 Å². The van der Waals surface area contributed by atoms with Crippen LogP contribution < -0.4 is 0 Å². The molecule has 2 aromatic rings. The van der Waals surface area contributed by atoms with Crippen molar-refractivity contribution < 1.29 is 9.47 Å². The minimum absolute atomic E-state index is 0.582. The highest BCUT2D eigenvalue weighted by atomic mass is 16.5. The van der Waals surface area contributed by atoms with Crippen LogP contribution in [0.1, 0.15) is 11.1 Å². The van der Waals surface area contributed by atoms with Crippen molar-refractivity contribution in [1.82, 2.24) is 9.97 Å². The zero-order valence-corrected chi connectivity index (χ0v) is 11.9. The fourth-order valence-electron chi connectivity index (χ4n) is 2.54. The second-order valence-electron chi connectivity index (χ2n) is 4.87. The number of hydrogen-bond acceptors (Lipinski definition) is 6. The Hall–Kier alpha value is -2.76. The van der Waals surface area contributed by atoms with Crippen molar-refractivity contribution in [3.63, 3.8) is 0 Å². The molecule has 4 heterocycles. The molecular formula is C16H14N4O2. The summed E-state index contributed by atoms with van der Waals surface area (Å²) in [5.41, 5.74) is 3.17. The van der Waals surface area contributed by atoms with Crippen molar-refractivity contribution in [3.8, 4) is 11.4 Å². The SMILES string of the molecule is c1ccc(-c2nccc(C3=NCCO3)c2C2=NCCO2)nc1. The number of ether oxygens (including phenoxy) is 2. The predicted molar refractivity (Wildman–Crippen MR) is 82.2 cm³/mol. The Bertz CT molecular complexity index is 756. The molecule has 2 aromatic heterocycles. The maximum absolute atomic E-state index is 5.67. The molecule has 22 heavy (non-hydrogen) atoms. The lowest BCUT2D eigenvalue weighted by atomic mass is 10.0. The van der Waals surface area contributed by atoms with Gasteiger partial charge >= 0.3 is 0 Å². The summed E-state index contributed by atoms with van der Waals surface area (Å²) >= 11 is 0. The van der Waals surface area contributed by atoms with Crippen LogP contribution in [-0.4, -0.2) is 48.1 Å². The van der Waals surface area contributed by atoms with Crippen LogP contribution >= 0.6 is 0 Å². The Balaban J connectivity index is 1.93. The molecule has 0 atom stereocenters. The fourth-order valence-corrected chi connectivity index (χ4v) is 2.54. The number of aromatic nitrogens is 2. The Morgan fingerprint density at radius 2 is 1.64 bits per heavy atom. The average Bonchev–Trinajstić information content (AvgIpc) is 3.28. The third-order valence-electron chi connectivity index (χ3n) is 3.47. The second kappa shape index (κ2) is 5.55. The van der Waals surface area contributed by atoms with Gasteiger partial charge in [0, 0.05) is 12.4 Å². The molecule has 0 aromatic carbocycles. The molecule has 4 rings (SSSR count). The molecule has 110 valence electrons. The van der Waals surface area contributed by atoms with E-state index >= 15 is 0 Å². The van der Waals surface area contributed by atoms with Gasteiger partial charge in [0.1, 0.15) is 18.9 Å². The van der Waals surface area contributed by atoms with Crippen LogP contribution in [0.15, 0.2) is 46.6 Å². The topological polar surface area (TPSA) is 69.0 Å². The molecule has 0 fully saturated rings. The van der Waals surface area contributed by atoms with Gasteiger partial charge in [0.15, 0.2) is 0 Å². The molecule has 6 nitrogen and oxygen atoms in total. The van der Waals surface area contributed by atoms with Crippen LogP contribution in [0.3, 0.4) is 0 Å². The van der Waals surface area contributed by atoms with Crippen molar-refractivity contribution in [1.29, 1.82) is 0 Å². The number of pyridine rings is 2. The molecule has 0 saturated carbocycles. The van der Waals surface area contributed by atoms with E-state index in [2.05, 4.69) is 20.0 Å². The van der Waals surface area contributed by atoms with E-state index in [9.17, 15) is 0 Å². The second-order valence-corrected chi connectivity index (χ2v) is 4.87. The minimum atomic E-state index is 0.582. The first-order valence-corrected chi connectivity index (χ1v) is 7.19. The van der Waals surface area contributed by atoms with E-state index in [-0.39, 0.29) is 0 Å². The highest BCUT2D eigenvalue weighted by Crippen LogP contribution is 2.26. The fraction of sp³-hybridized carbons (Fsp3) is 0.250. The molecule has 0 aliphatic carbocycles. The Morgan fingerprint density at radius 3 is 2.32 bits per heavy atom. The quantitative estimate of drug-likeness (QED) is 0.864. The Morgan fingerprint density at radius 1 is 0.818 bits per heavy atom. The zero-order chi connectivity index (χ0) is 14.8. The molecule has 6 heteroatoms. The van der Waals surface area contributed by atoms with Crippen LogP contribution in [0.2, 0.25) is 0 Å². The number of aliphatic imine (C=N–C) groups is 2. The average molecular weight is 294 g/mol. The van der Waals surface area contributed by atoms with Crippen LogP contribution in [-0.2, 0) is 9.47 Å². The Kier molecular flexibility index (Phi) is 3.27. The molecule has 2 aliphatic heterocycles. The summed E-state index contributed by atoms with van der Waals surface area (Å²) in [5.74, 6) is 1.20. The third-order valence-corrected chi connectivity index (χ3v) is 3.47. The molecule has 0 spiro atoms. The number of rotatable bonds is 3. The van der Waals surface area contributed by atoms with Gasteiger partial charge in [-0.15, -0.1) is 0 Å². The summed E-state index contributed by atoms with van der Waals surface area (Å²) in [7, 11) is 0. The van der Waals surface area contributed by atoms with Gasteiger partial charge in [0.05, 0.1) is 29.9 Å². The summed E-state index contributed by atoms with van der Waals surface area (Å²) < 4.78 is 11.3. The van der Waals surface area contributed by atoms with Gasteiger partial charge in [-0.25, -0.2) is 9.98 Å². The smallest absolute Gasteiger partial charge is 0.219 e. The van der Waals surface area contributed by atoms with E-state index in [1.807, 2.05) is 24.3 Å². The molecule has 0 unspecified atom stereocenters. The van der Waals surface area contributed by atoms with E-state index < -0.39 is 0 Å². The van der Waals surface area contributed by atoms with E-state index in [0.717, 1.165) is 22.5 Å². The molecule has 0 radical (unpaired) electrons. The maximum atomic E-state index is 5.67. The van der Waals surface area contributed by atoms with Crippen LogP contribution in [0.25, 0.3) is 11.4 Å². The van der Waals surface area contributed by atoms with Crippen molar-refractivity contribution in [2.45, 2.75) is 0 Å². The zero-order valence-electron chi connectivity index (χ0n) is 11.9. The lowest BCUT2D eigenvalue weighted by Gasteiger charge is -2.13. The number of nitrogens with zero attached hydrogens (tertiary/aromatic N) is 4. The van der Waals surface area contributed by atoms with Gasteiger partial charge in [-0.1, -0.05) is 6.07 Å². The van der Waals surface area contributed by atoms with Crippen molar-refractivity contribution in [2.75, 3.05) is 26.3 Å². The first-order chi connectivity index (χ1) is 10.9. The monoisotopic (exact) mass is 294 g/mol. The first kappa shape index (κ1) is 12.9. The van der Waals surface area contributed by atoms with Crippen LogP contribution in [0, 0.1) is 0 Å².